The van der Waals surface area contributed by atoms with Crippen LogP contribution in [0.1, 0.15) is 60.7 Å². The Labute approximate surface area is 270 Å². The monoisotopic (exact) mass is 657 g/mol. The first-order chi connectivity index (χ1) is 21.5. The zero-order valence-corrected chi connectivity index (χ0v) is 27.9. The van der Waals surface area contributed by atoms with E-state index < -0.39 is 22.0 Å². The summed E-state index contributed by atoms with van der Waals surface area (Å²) in [5.41, 5.74) is 0.988. The molecule has 2 heterocycles. The van der Waals surface area contributed by atoms with Gasteiger partial charge in [-0.2, -0.15) is 0 Å². The van der Waals surface area contributed by atoms with Gasteiger partial charge in [-0.15, -0.1) is 11.3 Å². The highest BCUT2D eigenvalue weighted by molar-refractivity contribution is 7.94. The highest BCUT2D eigenvalue weighted by atomic mass is 32.2. The van der Waals surface area contributed by atoms with Crippen LogP contribution in [0.2, 0.25) is 0 Å². The van der Waals surface area contributed by atoms with Crippen LogP contribution in [0, 0.1) is 5.92 Å². The molecule has 0 aliphatic carbocycles. The molecule has 2 N–H and O–H groups in total. The van der Waals surface area contributed by atoms with Crippen LogP contribution in [0.25, 0.3) is 0 Å². The van der Waals surface area contributed by atoms with Crippen molar-refractivity contribution >= 4 is 38.9 Å². The van der Waals surface area contributed by atoms with Crippen molar-refractivity contribution in [2.24, 2.45) is 5.92 Å². The Balaban J connectivity index is 1.65. The lowest BCUT2D eigenvalue weighted by molar-refractivity contribution is -0.0149. The molecule has 244 valence electrons. The lowest BCUT2D eigenvalue weighted by Crippen LogP contribution is -2.48. The number of hydrogen-bond acceptors (Lipinski definition) is 8. The second-order valence-corrected chi connectivity index (χ2v) is 14.5. The van der Waals surface area contributed by atoms with Crippen molar-refractivity contribution in [3.8, 4) is 5.75 Å². The van der Waals surface area contributed by atoms with Gasteiger partial charge in [-0.25, -0.2) is 8.42 Å². The molecule has 2 amide bonds. The highest BCUT2D eigenvalue weighted by Crippen LogP contribution is 2.30. The average Bonchev–Trinajstić information content (AvgIpc) is 3.59. The number of likely N-dealkylation sites (N-methyl/N-ethyl adjacent to an activating group) is 1. The number of nitrogens with zero attached hydrogens (tertiary/aromatic N) is 2. The Bertz CT molecular complexity index is 1520. The Kier molecular flexibility index (Phi) is 12.0. The van der Waals surface area contributed by atoms with Crippen LogP contribution in [-0.4, -0.2) is 86.7 Å². The van der Waals surface area contributed by atoms with Gasteiger partial charge in [0.1, 0.15) is 9.96 Å². The Morgan fingerprint density at radius 1 is 1.13 bits per heavy atom. The maximum absolute atomic E-state index is 14.3. The third kappa shape index (κ3) is 9.06. The second-order valence-electron chi connectivity index (χ2n) is 11.6. The number of carbonyl (C=O) groups is 2. The normalized spacial score (nSPS) is 20.8. The minimum absolute atomic E-state index is 0.125. The summed E-state index contributed by atoms with van der Waals surface area (Å²) < 4.78 is 41.2. The number of sulfonamides is 1. The number of rotatable bonds is 8. The van der Waals surface area contributed by atoms with Crippen molar-refractivity contribution in [1.82, 2.24) is 9.80 Å². The summed E-state index contributed by atoms with van der Waals surface area (Å²) in [6, 6.07) is 16.3. The van der Waals surface area contributed by atoms with Gasteiger partial charge in [-0.3, -0.25) is 14.3 Å². The molecular formula is C33H43N3O7S2. The smallest absolute Gasteiger partial charge is 0.271 e. The molecule has 1 aliphatic rings. The standard InChI is InChI=1S/C33H43N3O7S2/c1-23-20-36(24(2)22-37)33(39)28-19-27(34-45(40,41)31-14-10-18-44-31)15-16-29(28)43-25(3)11-8-9-17-42-30(23)21-35(4)32(38)26-12-6-5-7-13-26/h5-7,10,12-16,18-19,23-25,30,34,37H,8-9,11,17,20-22H2,1-4H3/t23-,24+,25+,30+/m0/s1. The molecule has 4 rings (SSSR count). The summed E-state index contributed by atoms with van der Waals surface area (Å²) in [6.07, 6.45) is 1.73. The maximum atomic E-state index is 14.3. The van der Waals surface area contributed by atoms with Crippen molar-refractivity contribution in [3.05, 3.63) is 77.2 Å². The summed E-state index contributed by atoms with van der Waals surface area (Å²) in [7, 11) is -2.11. The summed E-state index contributed by atoms with van der Waals surface area (Å²) in [6.45, 7) is 6.38. The SMILES string of the molecule is C[C@@H]1CCCCO[C@H](CN(C)C(=O)c2ccccc2)[C@@H](C)CN([C@H](C)CO)C(=O)c2cc(NS(=O)(=O)c3cccs3)ccc2O1. The summed E-state index contributed by atoms with van der Waals surface area (Å²) in [4.78, 5) is 30.6. The van der Waals surface area contributed by atoms with Gasteiger partial charge in [0, 0.05) is 43.9 Å². The molecule has 4 atom stereocenters. The molecule has 3 aromatic rings. The van der Waals surface area contributed by atoms with Crippen molar-refractivity contribution < 1.29 is 32.6 Å². The first-order valence-corrected chi connectivity index (χ1v) is 17.6. The molecule has 10 nitrogen and oxygen atoms in total. The Morgan fingerprint density at radius 3 is 2.58 bits per heavy atom. The number of thiophene rings is 1. The number of fused-ring (bicyclic) bond motifs is 1. The van der Waals surface area contributed by atoms with Gasteiger partial charge in [-0.1, -0.05) is 31.2 Å². The summed E-state index contributed by atoms with van der Waals surface area (Å²) in [5.74, 6) is -0.416. The molecule has 0 unspecified atom stereocenters. The predicted octanol–water partition coefficient (Wildman–Crippen LogP) is 5.12. The van der Waals surface area contributed by atoms with E-state index in [0.717, 1.165) is 24.2 Å². The van der Waals surface area contributed by atoms with E-state index in [9.17, 15) is 23.1 Å². The van der Waals surface area contributed by atoms with Crippen LogP contribution >= 0.6 is 11.3 Å². The van der Waals surface area contributed by atoms with Crippen LogP contribution in [-0.2, 0) is 14.8 Å². The van der Waals surface area contributed by atoms with Gasteiger partial charge in [0.05, 0.1) is 30.4 Å². The van der Waals surface area contributed by atoms with Crippen molar-refractivity contribution in [1.29, 1.82) is 0 Å². The van der Waals surface area contributed by atoms with Crippen LogP contribution in [0.15, 0.2) is 70.3 Å². The molecule has 2 aromatic carbocycles. The maximum Gasteiger partial charge on any atom is 0.271 e. The van der Waals surface area contributed by atoms with Crippen molar-refractivity contribution in [2.75, 3.05) is 38.1 Å². The Morgan fingerprint density at radius 2 is 1.89 bits per heavy atom. The fourth-order valence-corrected chi connectivity index (χ4v) is 7.27. The summed E-state index contributed by atoms with van der Waals surface area (Å²) in [5, 5.41) is 11.9. The number of nitrogens with one attached hydrogen (secondary N) is 1. The summed E-state index contributed by atoms with van der Waals surface area (Å²) >= 11 is 1.10. The highest BCUT2D eigenvalue weighted by Gasteiger charge is 2.31. The van der Waals surface area contributed by atoms with E-state index in [1.54, 1.807) is 59.5 Å². The number of carbonyl (C=O) groups excluding carboxylic acids is 2. The fourth-order valence-electron chi connectivity index (χ4n) is 5.22. The van der Waals surface area contributed by atoms with Gasteiger partial charge < -0.3 is 24.4 Å². The van der Waals surface area contributed by atoms with Crippen LogP contribution in [0.3, 0.4) is 0 Å². The zero-order valence-electron chi connectivity index (χ0n) is 26.2. The van der Waals surface area contributed by atoms with Gasteiger partial charge in [-0.05, 0) is 74.9 Å². The predicted molar refractivity (Wildman–Crippen MR) is 175 cm³/mol. The number of amides is 2. The van der Waals surface area contributed by atoms with Gasteiger partial charge in [0.15, 0.2) is 0 Å². The van der Waals surface area contributed by atoms with E-state index in [1.165, 1.54) is 12.1 Å². The van der Waals surface area contributed by atoms with Gasteiger partial charge in [0.2, 0.25) is 0 Å². The largest absolute Gasteiger partial charge is 0.490 e. The fraction of sp³-hybridized carbons (Fsp3) is 0.455. The molecular weight excluding hydrogens is 615 g/mol. The average molecular weight is 658 g/mol. The van der Waals surface area contributed by atoms with Crippen molar-refractivity contribution in [2.45, 2.75) is 62.5 Å². The van der Waals surface area contributed by atoms with Gasteiger partial charge in [0.25, 0.3) is 21.8 Å². The second kappa shape index (κ2) is 15.7. The van der Waals surface area contributed by atoms with Crippen LogP contribution in [0.4, 0.5) is 5.69 Å². The molecule has 0 bridgehead atoms. The van der Waals surface area contributed by atoms with E-state index in [4.69, 9.17) is 9.47 Å². The van der Waals surface area contributed by atoms with Gasteiger partial charge >= 0.3 is 0 Å². The van der Waals surface area contributed by atoms with Crippen LogP contribution < -0.4 is 9.46 Å². The number of hydrogen-bond donors (Lipinski definition) is 2. The number of aliphatic hydroxyl groups is 1. The molecule has 0 saturated carbocycles. The van der Waals surface area contributed by atoms with Crippen molar-refractivity contribution in [3.63, 3.8) is 0 Å². The van der Waals surface area contributed by atoms with E-state index in [2.05, 4.69) is 4.72 Å². The first kappa shape index (κ1) is 34.4. The number of aliphatic hydroxyl groups excluding tert-OH is 1. The molecule has 0 fully saturated rings. The molecule has 1 aromatic heterocycles. The molecule has 0 spiro atoms. The third-order valence-corrected chi connectivity index (χ3v) is 10.7. The van der Waals surface area contributed by atoms with E-state index in [0.29, 0.717) is 30.9 Å². The topological polar surface area (TPSA) is 125 Å². The Hall–Kier alpha value is -3.45. The van der Waals surface area contributed by atoms with Crippen LogP contribution in [0.5, 0.6) is 5.75 Å². The minimum atomic E-state index is -3.85. The number of benzene rings is 2. The lowest BCUT2D eigenvalue weighted by atomic mass is 10.0. The minimum Gasteiger partial charge on any atom is -0.490 e. The van der Waals surface area contributed by atoms with E-state index in [-0.39, 0.29) is 52.6 Å². The first-order valence-electron chi connectivity index (χ1n) is 15.2. The zero-order chi connectivity index (χ0) is 32.6. The molecule has 0 radical (unpaired) electrons. The quantitative estimate of drug-likeness (QED) is 0.345. The molecule has 45 heavy (non-hydrogen) atoms. The number of ether oxygens (including phenoxy) is 2. The molecule has 12 heteroatoms. The molecule has 1 aliphatic heterocycles. The lowest BCUT2D eigenvalue weighted by Gasteiger charge is -2.36. The van der Waals surface area contributed by atoms with E-state index in [1.807, 2.05) is 32.0 Å². The third-order valence-electron chi connectivity index (χ3n) is 7.88. The van der Waals surface area contributed by atoms with E-state index >= 15 is 0 Å². The number of anilines is 1. The molecule has 0 saturated heterocycles.